The Hall–Kier alpha value is -0.410. The lowest BCUT2D eigenvalue weighted by Crippen LogP contribution is -2.27. The summed E-state index contributed by atoms with van der Waals surface area (Å²) in [6.07, 6.45) is 2.24. The zero-order chi connectivity index (χ0) is 8.81. The van der Waals surface area contributed by atoms with Crippen LogP contribution in [0.4, 0.5) is 0 Å². The highest BCUT2D eigenvalue weighted by molar-refractivity contribution is 7.07. The van der Waals surface area contributed by atoms with Crippen molar-refractivity contribution in [2.45, 2.75) is 32.7 Å². The Labute approximate surface area is 78.0 Å². The predicted octanol–water partition coefficient (Wildman–Crippen LogP) is 2.07. The number of thiazole rings is 1. The summed E-state index contributed by atoms with van der Waals surface area (Å²) in [5.41, 5.74) is 3.09. The van der Waals surface area contributed by atoms with Gasteiger partial charge in [-0.3, -0.25) is 0 Å². The van der Waals surface area contributed by atoms with Crippen molar-refractivity contribution in [1.29, 1.82) is 0 Å². The first-order valence-electron chi connectivity index (χ1n) is 4.43. The van der Waals surface area contributed by atoms with Gasteiger partial charge in [0.15, 0.2) is 0 Å². The second-order valence-electron chi connectivity index (χ2n) is 2.99. The van der Waals surface area contributed by atoms with Crippen LogP contribution in [0.2, 0.25) is 0 Å². The Morgan fingerprint density at radius 1 is 1.67 bits per heavy atom. The molecule has 0 aliphatic heterocycles. The SMILES string of the molecule is CCC(C)NCCc1cscn1. The minimum Gasteiger partial charge on any atom is -0.314 e. The minimum atomic E-state index is 0.628. The first kappa shape index (κ1) is 9.68. The van der Waals surface area contributed by atoms with Gasteiger partial charge in [0.05, 0.1) is 11.2 Å². The number of rotatable bonds is 5. The van der Waals surface area contributed by atoms with Crippen LogP contribution in [0, 0.1) is 0 Å². The molecule has 1 N–H and O–H groups in total. The van der Waals surface area contributed by atoms with Crippen molar-refractivity contribution in [2.24, 2.45) is 0 Å². The predicted molar refractivity (Wildman–Crippen MR) is 53.6 cm³/mol. The van der Waals surface area contributed by atoms with Crippen LogP contribution in [-0.2, 0) is 6.42 Å². The van der Waals surface area contributed by atoms with E-state index >= 15 is 0 Å². The topological polar surface area (TPSA) is 24.9 Å². The molecule has 0 amide bonds. The van der Waals surface area contributed by atoms with E-state index in [2.05, 4.69) is 29.5 Å². The van der Waals surface area contributed by atoms with Crippen LogP contribution in [0.5, 0.6) is 0 Å². The quantitative estimate of drug-likeness (QED) is 0.758. The number of hydrogen-bond donors (Lipinski definition) is 1. The van der Waals surface area contributed by atoms with Crippen LogP contribution in [-0.4, -0.2) is 17.6 Å². The standard InChI is InChI=1S/C9H16N2S/c1-3-8(2)10-5-4-9-6-12-7-11-9/h6-8,10H,3-5H2,1-2H3. The molecular weight excluding hydrogens is 168 g/mol. The fraction of sp³-hybridized carbons (Fsp3) is 0.667. The third kappa shape index (κ3) is 3.32. The maximum atomic E-state index is 4.22. The first-order chi connectivity index (χ1) is 5.83. The summed E-state index contributed by atoms with van der Waals surface area (Å²) in [5, 5.41) is 5.54. The number of aromatic nitrogens is 1. The number of nitrogens with one attached hydrogen (secondary N) is 1. The molecule has 0 saturated carbocycles. The summed E-state index contributed by atoms with van der Waals surface area (Å²) in [5.74, 6) is 0. The molecule has 1 atom stereocenters. The lowest BCUT2D eigenvalue weighted by Gasteiger charge is -2.09. The Kier molecular flexibility index (Phi) is 4.25. The maximum Gasteiger partial charge on any atom is 0.0794 e. The fourth-order valence-corrected chi connectivity index (χ4v) is 1.54. The molecule has 1 aromatic rings. The van der Waals surface area contributed by atoms with Crippen molar-refractivity contribution < 1.29 is 0 Å². The minimum absolute atomic E-state index is 0.628. The lowest BCUT2D eigenvalue weighted by molar-refractivity contribution is 0.536. The van der Waals surface area contributed by atoms with Gasteiger partial charge >= 0.3 is 0 Å². The third-order valence-electron chi connectivity index (χ3n) is 1.97. The molecule has 2 nitrogen and oxygen atoms in total. The van der Waals surface area contributed by atoms with E-state index in [4.69, 9.17) is 0 Å². The summed E-state index contributed by atoms with van der Waals surface area (Å²) < 4.78 is 0. The highest BCUT2D eigenvalue weighted by Crippen LogP contribution is 2.00. The second kappa shape index (κ2) is 5.27. The molecule has 12 heavy (non-hydrogen) atoms. The van der Waals surface area contributed by atoms with Crippen molar-refractivity contribution in [3.05, 3.63) is 16.6 Å². The zero-order valence-corrected chi connectivity index (χ0v) is 8.53. The molecule has 0 aliphatic carbocycles. The molecule has 0 radical (unpaired) electrons. The van der Waals surface area contributed by atoms with E-state index in [9.17, 15) is 0 Å². The molecular formula is C9H16N2S. The smallest absolute Gasteiger partial charge is 0.0794 e. The van der Waals surface area contributed by atoms with E-state index in [1.807, 2.05) is 5.51 Å². The monoisotopic (exact) mass is 184 g/mol. The number of hydrogen-bond acceptors (Lipinski definition) is 3. The van der Waals surface area contributed by atoms with Crippen LogP contribution < -0.4 is 5.32 Å². The van der Waals surface area contributed by atoms with Gasteiger partial charge in [-0.25, -0.2) is 4.98 Å². The van der Waals surface area contributed by atoms with Crippen molar-refractivity contribution in [2.75, 3.05) is 6.54 Å². The van der Waals surface area contributed by atoms with Crippen molar-refractivity contribution in [1.82, 2.24) is 10.3 Å². The van der Waals surface area contributed by atoms with Gasteiger partial charge < -0.3 is 5.32 Å². The van der Waals surface area contributed by atoms with Gasteiger partial charge in [0.2, 0.25) is 0 Å². The van der Waals surface area contributed by atoms with E-state index < -0.39 is 0 Å². The average molecular weight is 184 g/mol. The zero-order valence-electron chi connectivity index (χ0n) is 7.71. The largest absolute Gasteiger partial charge is 0.314 e. The molecule has 68 valence electrons. The molecule has 0 aromatic carbocycles. The summed E-state index contributed by atoms with van der Waals surface area (Å²) in [7, 11) is 0. The molecule has 0 bridgehead atoms. The van der Waals surface area contributed by atoms with Crippen LogP contribution in [0.3, 0.4) is 0 Å². The molecule has 1 rings (SSSR count). The van der Waals surface area contributed by atoms with Crippen molar-refractivity contribution in [3.63, 3.8) is 0 Å². The van der Waals surface area contributed by atoms with E-state index in [-0.39, 0.29) is 0 Å². The summed E-state index contributed by atoms with van der Waals surface area (Å²) in [4.78, 5) is 4.22. The van der Waals surface area contributed by atoms with Gasteiger partial charge in [0, 0.05) is 24.4 Å². The molecule has 0 fully saturated rings. The Balaban J connectivity index is 2.11. The van der Waals surface area contributed by atoms with E-state index in [0.717, 1.165) is 13.0 Å². The van der Waals surface area contributed by atoms with Crippen molar-refractivity contribution in [3.8, 4) is 0 Å². The van der Waals surface area contributed by atoms with E-state index in [1.165, 1.54) is 12.1 Å². The van der Waals surface area contributed by atoms with Crippen LogP contribution in [0.1, 0.15) is 26.0 Å². The lowest BCUT2D eigenvalue weighted by atomic mass is 10.2. The second-order valence-corrected chi connectivity index (χ2v) is 3.71. The van der Waals surface area contributed by atoms with E-state index in [1.54, 1.807) is 11.3 Å². The summed E-state index contributed by atoms with van der Waals surface area (Å²) in [6, 6.07) is 0.628. The van der Waals surface area contributed by atoms with Gasteiger partial charge in [-0.2, -0.15) is 0 Å². The Bertz CT molecular complexity index is 196. The molecule has 0 spiro atoms. The molecule has 1 heterocycles. The maximum absolute atomic E-state index is 4.22. The molecule has 3 heteroatoms. The molecule has 1 aromatic heterocycles. The number of nitrogens with zero attached hydrogens (tertiary/aromatic N) is 1. The van der Waals surface area contributed by atoms with Crippen molar-refractivity contribution >= 4 is 11.3 Å². The van der Waals surface area contributed by atoms with Crippen LogP contribution in [0.15, 0.2) is 10.9 Å². The normalized spacial score (nSPS) is 13.2. The molecule has 1 unspecified atom stereocenters. The first-order valence-corrected chi connectivity index (χ1v) is 5.37. The molecule has 0 aliphatic rings. The fourth-order valence-electron chi connectivity index (χ4n) is 0.952. The Morgan fingerprint density at radius 2 is 2.50 bits per heavy atom. The average Bonchev–Trinajstić information content (AvgIpc) is 2.57. The van der Waals surface area contributed by atoms with Gasteiger partial charge in [-0.05, 0) is 13.3 Å². The van der Waals surface area contributed by atoms with Gasteiger partial charge in [-0.1, -0.05) is 6.92 Å². The van der Waals surface area contributed by atoms with Crippen LogP contribution >= 0.6 is 11.3 Å². The van der Waals surface area contributed by atoms with Crippen LogP contribution in [0.25, 0.3) is 0 Å². The van der Waals surface area contributed by atoms with E-state index in [0.29, 0.717) is 6.04 Å². The summed E-state index contributed by atoms with van der Waals surface area (Å²) >= 11 is 1.67. The Morgan fingerprint density at radius 3 is 3.08 bits per heavy atom. The van der Waals surface area contributed by atoms with Gasteiger partial charge in [-0.15, -0.1) is 11.3 Å². The third-order valence-corrected chi connectivity index (χ3v) is 2.61. The van der Waals surface area contributed by atoms with Gasteiger partial charge in [0.25, 0.3) is 0 Å². The summed E-state index contributed by atoms with van der Waals surface area (Å²) in [6.45, 7) is 5.44. The molecule has 0 saturated heterocycles. The highest BCUT2D eigenvalue weighted by Gasteiger charge is 1.97. The van der Waals surface area contributed by atoms with Gasteiger partial charge in [0.1, 0.15) is 0 Å². The highest BCUT2D eigenvalue weighted by atomic mass is 32.1.